The number of hydrogen-bond acceptors (Lipinski definition) is 2. The molecule has 114 valence electrons. The van der Waals surface area contributed by atoms with Crippen LogP contribution in [0.3, 0.4) is 0 Å². The van der Waals surface area contributed by atoms with Gasteiger partial charge in [0.05, 0.1) is 16.8 Å². The highest BCUT2D eigenvalue weighted by Gasteiger charge is 2.28. The van der Waals surface area contributed by atoms with Gasteiger partial charge in [0.25, 0.3) is 0 Å². The van der Waals surface area contributed by atoms with E-state index in [9.17, 15) is 0 Å². The van der Waals surface area contributed by atoms with E-state index in [-0.39, 0.29) is 5.54 Å². The molecule has 0 aliphatic carbocycles. The third-order valence-corrected chi connectivity index (χ3v) is 5.00. The minimum Gasteiger partial charge on any atom is -0.278 e. The molecule has 1 aliphatic heterocycles. The number of pyridine rings is 1. The summed E-state index contributed by atoms with van der Waals surface area (Å²) in [5.41, 5.74) is 5.55. The first kappa shape index (κ1) is 14.6. The highest BCUT2D eigenvalue weighted by Crippen LogP contribution is 2.33. The summed E-state index contributed by atoms with van der Waals surface area (Å²) in [6, 6.07) is 16.7. The first-order valence-electron chi connectivity index (χ1n) is 7.76. The van der Waals surface area contributed by atoms with Crippen LogP contribution in [0.2, 0.25) is 0 Å². The molecule has 0 saturated carbocycles. The SMILES string of the molecule is CC1(C)Cc2c(Br)cccc2C(c2cnc3ccccc3c2)=N1. The molecule has 3 aromatic rings. The van der Waals surface area contributed by atoms with E-state index in [1.807, 2.05) is 24.4 Å². The molecule has 2 heterocycles. The Hall–Kier alpha value is -2.00. The largest absolute Gasteiger partial charge is 0.278 e. The Bertz CT molecular complexity index is 941. The van der Waals surface area contributed by atoms with Crippen molar-refractivity contribution in [2.75, 3.05) is 0 Å². The number of hydrogen-bond donors (Lipinski definition) is 0. The van der Waals surface area contributed by atoms with Crippen molar-refractivity contribution in [2.45, 2.75) is 25.8 Å². The molecular formula is C20H17BrN2. The summed E-state index contributed by atoms with van der Waals surface area (Å²) in [5.74, 6) is 0. The van der Waals surface area contributed by atoms with Gasteiger partial charge in [0.15, 0.2) is 0 Å². The van der Waals surface area contributed by atoms with Crippen molar-refractivity contribution in [3.63, 3.8) is 0 Å². The fourth-order valence-corrected chi connectivity index (χ4v) is 3.72. The molecule has 1 aliphatic rings. The van der Waals surface area contributed by atoms with Gasteiger partial charge in [-0.1, -0.05) is 46.3 Å². The summed E-state index contributed by atoms with van der Waals surface area (Å²) in [7, 11) is 0. The van der Waals surface area contributed by atoms with E-state index in [2.05, 4.69) is 65.1 Å². The van der Waals surface area contributed by atoms with Crippen molar-refractivity contribution in [1.29, 1.82) is 0 Å². The van der Waals surface area contributed by atoms with E-state index in [4.69, 9.17) is 4.99 Å². The van der Waals surface area contributed by atoms with E-state index in [1.54, 1.807) is 0 Å². The minimum absolute atomic E-state index is 0.113. The van der Waals surface area contributed by atoms with Gasteiger partial charge >= 0.3 is 0 Å². The van der Waals surface area contributed by atoms with Crippen LogP contribution in [-0.2, 0) is 6.42 Å². The lowest BCUT2D eigenvalue weighted by atomic mass is 9.85. The number of rotatable bonds is 1. The number of halogens is 1. The summed E-state index contributed by atoms with van der Waals surface area (Å²) < 4.78 is 1.16. The van der Waals surface area contributed by atoms with Crippen LogP contribution in [-0.4, -0.2) is 16.2 Å². The molecule has 0 unspecified atom stereocenters. The standard InChI is InChI=1S/C20H17BrN2/c1-20(2)11-16-15(7-5-8-17(16)21)19(23-20)14-10-13-6-3-4-9-18(13)22-12-14/h3-10,12H,11H2,1-2H3. The quantitative estimate of drug-likeness (QED) is 0.584. The van der Waals surface area contributed by atoms with E-state index < -0.39 is 0 Å². The van der Waals surface area contributed by atoms with Crippen molar-refractivity contribution < 1.29 is 0 Å². The topological polar surface area (TPSA) is 25.2 Å². The summed E-state index contributed by atoms with van der Waals surface area (Å²) in [6.45, 7) is 4.37. The second kappa shape index (κ2) is 5.27. The molecule has 0 bridgehead atoms. The summed E-state index contributed by atoms with van der Waals surface area (Å²) in [5, 5.41) is 1.15. The Morgan fingerprint density at radius 2 is 1.87 bits per heavy atom. The zero-order chi connectivity index (χ0) is 16.0. The lowest BCUT2D eigenvalue weighted by Crippen LogP contribution is -2.29. The van der Waals surface area contributed by atoms with Crippen LogP contribution < -0.4 is 0 Å². The van der Waals surface area contributed by atoms with Crippen LogP contribution in [0.1, 0.15) is 30.5 Å². The number of aromatic nitrogens is 1. The van der Waals surface area contributed by atoms with Crippen LogP contribution in [0.15, 0.2) is 64.2 Å². The smallest absolute Gasteiger partial charge is 0.0744 e. The number of benzene rings is 2. The Labute approximate surface area is 144 Å². The van der Waals surface area contributed by atoms with Gasteiger partial charge in [0, 0.05) is 27.2 Å². The minimum atomic E-state index is -0.113. The van der Waals surface area contributed by atoms with E-state index in [1.165, 1.54) is 11.1 Å². The highest BCUT2D eigenvalue weighted by atomic mass is 79.9. The van der Waals surface area contributed by atoms with Crippen molar-refractivity contribution in [3.05, 3.63) is 75.9 Å². The average Bonchev–Trinajstić information content (AvgIpc) is 2.54. The van der Waals surface area contributed by atoms with Crippen molar-refractivity contribution >= 4 is 32.5 Å². The van der Waals surface area contributed by atoms with Crippen LogP contribution in [0.4, 0.5) is 0 Å². The number of fused-ring (bicyclic) bond motifs is 2. The third kappa shape index (κ3) is 2.59. The predicted molar refractivity (Wildman–Crippen MR) is 99.3 cm³/mol. The van der Waals surface area contributed by atoms with E-state index in [0.717, 1.165) is 33.1 Å². The van der Waals surface area contributed by atoms with Gasteiger partial charge in [-0.2, -0.15) is 0 Å². The van der Waals surface area contributed by atoms with E-state index >= 15 is 0 Å². The van der Waals surface area contributed by atoms with Crippen molar-refractivity contribution in [2.24, 2.45) is 4.99 Å². The molecular weight excluding hydrogens is 348 g/mol. The fraction of sp³-hybridized carbons (Fsp3) is 0.200. The molecule has 1 aromatic heterocycles. The van der Waals surface area contributed by atoms with Crippen molar-refractivity contribution in [3.8, 4) is 0 Å². The van der Waals surface area contributed by atoms with E-state index in [0.29, 0.717) is 0 Å². The van der Waals surface area contributed by atoms with Gasteiger partial charge in [0.1, 0.15) is 0 Å². The van der Waals surface area contributed by atoms with Gasteiger partial charge in [-0.25, -0.2) is 0 Å². The molecule has 0 amide bonds. The summed E-state index contributed by atoms with van der Waals surface area (Å²) in [4.78, 5) is 9.64. The Morgan fingerprint density at radius 3 is 2.74 bits per heavy atom. The first-order valence-corrected chi connectivity index (χ1v) is 8.56. The Kier molecular flexibility index (Phi) is 3.34. The zero-order valence-electron chi connectivity index (χ0n) is 13.2. The molecule has 0 N–H and O–H groups in total. The normalized spacial score (nSPS) is 16.0. The number of aliphatic imine (C=N–C) groups is 1. The molecule has 3 heteroatoms. The maximum absolute atomic E-state index is 5.03. The lowest BCUT2D eigenvalue weighted by molar-refractivity contribution is 0.512. The van der Waals surface area contributed by atoms with Crippen molar-refractivity contribution in [1.82, 2.24) is 4.98 Å². The second-order valence-corrected chi connectivity index (χ2v) is 7.49. The molecule has 2 nitrogen and oxygen atoms in total. The van der Waals surface area contributed by atoms with Gasteiger partial charge < -0.3 is 0 Å². The van der Waals surface area contributed by atoms with Gasteiger partial charge in [-0.15, -0.1) is 0 Å². The van der Waals surface area contributed by atoms with Crippen LogP contribution in [0, 0.1) is 0 Å². The molecule has 23 heavy (non-hydrogen) atoms. The molecule has 0 radical (unpaired) electrons. The zero-order valence-corrected chi connectivity index (χ0v) is 14.8. The Balaban J connectivity index is 1.95. The third-order valence-electron chi connectivity index (χ3n) is 4.26. The monoisotopic (exact) mass is 364 g/mol. The molecule has 0 saturated heterocycles. The Morgan fingerprint density at radius 1 is 1.04 bits per heavy atom. The first-order chi connectivity index (χ1) is 11.0. The summed E-state index contributed by atoms with van der Waals surface area (Å²) >= 11 is 3.70. The maximum atomic E-state index is 5.03. The van der Waals surface area contributed by atoms with Crippen LogP contribution >= 0.6 is 15.9 Å². The predicted octanol–water partition coefficient (Wildman–Crippen LogP) is 5.17. The number of nitrogens with zero attached hydrogens (tertiary/aromatic N) is 2. The van der Waals surface area contributed by atoms with Gasteiger partial charge in [-0.3, -0.25) is 9.98 Å². The molecule has 0 fully saturated rings. The highest BCUT2D eigenvalue weighted by molar-refractivity contribution is 9.10. The van der Waals surface area contributed by atoms with Crippen LogP contribution in [0.5, 0.6) is 0 Å². The lowest BCUT2D eigenvalue weighted by Gasteiger charge is -2.30. The second-order valence-electron chi connectivity index (χ2n) is 6.63. The molecule has 0 atom stereocenters. The maximum Gasteiger partial charge on any atom is 0.0744 e. The van der Waals surface area contributed by atoms with Crippen LogP contribution in [0.25, 0.3) is 10.9 Å². The average molecular weight is 365 g/mol. The number of para-hydroxylation sites is 1. The summed E-state index contributed by atoms with van der Waals surface area (Å²) in [6.07, 6.45) is 2.88. The fourth-order valence-electron chi connectivity index (χ4n) is 3.22. The molecule has 2 aromatic carbocycles. The van der Waals surface area contributed by atoms with Gasteiger partial charge in [-0.05, 0) is 44.0 Å². The van der Waals surface area contributed by atoms with Gasteiger partial charge in [0.2, 0.25) is 0 Å². The molecule has 4 rings (SSSR count). The molecule has 0 spiro atoms.